The quantitative estimate of drug-likeness (QED) is 0.729. The molecule has 4 fully saturated rings. The highest BCUT2D eigenvalue weighted by Gasteiger charge is 2.60. The maximum atomic E-state index is 12.4. The summed E-state index contributed by atoms with van der Waals surface area (Å²) in [6.07, 6.45) is 10.2. The molecule has 20 heavy (non-hydrogen) atoms. The van der Waals surface area contributed by atoms with Crippen molar-refractivity contribution in [3.05, 3.63) is 0 Å². The topological polar surface area (TPSA) is 29.5 Å². The van der Waals surface area contributed by atoms with Crippen LogP contribution in [0.1, 0.15) is 58.3 Å². The zero-order valence-corrected chi connectivity index (χ0v) is 12.6. The lowest BCUT2D eigenvalue weighted by molar-refractivity contribution is -0.0577. The normalized spacial score (nSPS) is 46.5. The van der Waals surface area contributed by atoms with Gasteiger partial charge in [0, 0.05) is 19.0 Å². The number of hydrogen-bond donors (Lipinski definition) is 0. The molecule has 0 radical (unpaired) electrons. The predicted octanol–water partition coefficient (Wildman–Crippen LogP) is 3.82. The lowest BCUT2D eigenvalue weighted by Gasteiger charge is -2.41. The number of piperidine rings is 1. The van der Waals surface area contributed by atoms with Crippen molar-refractivity contribution in [2.45, 2.75) is 63.9 Å². The molecule has 1 amide bonds. The maximum absolute atomic E-state index is 12.4. The number of amides is 1. The predicted molar refractivity (Wildman–Crippen MR) is 77.4 cm³/mol. The van der Waals surface area contributed by atoms with Gasteiger partial charge < -0.3 is 9.64 Å². The van der Waals surface area contributed by atoms with E-state index in [4.69, 9.17) is 4.74 Å². The molecule has 3 aliphatic carbocycles. The van der Waals surface area contributed by atoms with Crippen LogP contribution in [0, 0.1) is 23.7 Å². The van der Waals surface area contributed by atoms with Gasteiger partial charge in [-0.15, -0.1) is 0 Å². The molecule has 3 nitrogen and oxygen atoms in total. The summed E-state index contributed by atoms with van der Waals surface area (Å²) in [5, 5.41) is 0. The Morgan fingerprint density at radius 1 is 1.10 bits per heavy atom. The molecule has 5 atom stereocenters. The van der Waals surface area contributed by atoms with Crippen molar-refractivity contribution < 1.29 is 9.53 Å². The summed E-state index contributed by atoms with van der Waals surface area (Å²) in [4.78, 5) is 14.4. The molecular weight excluding hydrogens is 250 g/mol. The average molecular weight is 277 g/mol. The number of ether oxygens (including phenoxy) is 1. The molecule has 112 valence electrons. The van der Waals surface area contributed by atoms with Crippen LogP contribution in [0.5, 0.6) is 0 Å². The van der Waals surface area contributed by atoms with Gasteiger partial charge in [0.15, 0.2) is 0 Å². The summed E-state index contributed by atoms with van der Waals surface area (Å²) >= 11 is 0. The largest absolute Gasteiger partial charge is 0.443 e. The van der Waals surface area contributed by atoms with Crippen LogP contribution in [0.15, 0.2) is 0 Å². The minimum absolute atomic E-state index is 0.0331. The molecule has 0 aromatic rings. The van der Waals surface area contributed by atoms with Crippen LogP contribution in [0.4, 0.5) is 4.79 Å². The van der Waals surface area contributed by atoms with Gasteiger partial charge in [-0.1, -0.05) is 6.42 Å². The van der Waals surface area contributed by atoms with Crippen molar-refractivity contribution in [3.63, 3.8) is 0 Å². The summed E-state index contributed by atoms with van der Waals surface area (Å²) in [6, 6.07) is 0. The Morgan fingerprint density at radius 3 is 2.65 bits per heavy atom. The monoisotopic (exact) mass is 277 g/mol. The first kappa shape index (κ1) is 13.0. The fourth-order valence-corrected chi connectivity index (χ4v) is 5.84. The van der Waals surface area contributed by atoms with Crippen molar-refractivity contribution in [2.75, 3.05) is 13.1 Å². The van der Waals surface area contributed by atoms with Crippen LogP contribution < -0.4 is 0 Å². The highest BCUT2D eigenvalue weighted by Crippen LogP contribution is 2.63. The SMILES string of the molecule is CC1(OC(=O)N2CCCCC2)CC2CC1C1CCCC21. The number of nitrogens with zero attached hydrogens (tertiary/aromatic N) is 1. The standard InChI is InChI=1S/C17H27NO2/c1-17(20-16(19)18-8-3-2-4-9-18)11-12-10-15(17)14-7-5-6-13(12)14/h12-15H,2-11H2,1H3. The molecule has 3 saturated carbocycles. The second-order valence-electron chi connectivity index (χ2n) is 7.79. The van der Waals surface area contributed by atoms with Crippen molar-refractivity contribution >= 4 is 6.09 Å². The zero-order valence-electron chi connectivity index (χ0n) is 12.6. The highest BCUT2D eigenvalue weighted by molar-refractivity contribution is 5.68. The summed E-state index contributed by atoms with van der Waals surface area (Å²) in [5.74, 6) is 3.30. The van der Waals surface area contributed by atoms with Gasteiger partial charge in [0.2, 0.25) is 0 Å². The van der Waals surface area contributed by atoms with E-state index in [9.17, 15) is 4.79 Å². The molecule has 5 unspecified atom stereocenters. The first-order chi connectivity index (χ1) is 9.67. The molecule has 0 N–H and O–H groups in total. The minimum Gasteiger partial charge on any atom is -0.443 e. The number of carbonyl (C=O) groups is 1. The number of fused-ring (bicyclic) bond motifs is 5. The first-order valence-electron chi connectivity index (χ1n) is 8.65. The Kier molecular flexibility index (Phi) is 3.01. The van der Waals surface area contributed by atoms with E-state index in [1.807, 2.05) is 4.90 Å². The first-order valence-corrected chi connectivity index (χ1v) is 8.65. The Hall–Kier alpha value is -0.730. The van der Waals surface area contributed by atoms with Gasteiger partial charge in [0.05, 0.1) is 0 Å². The van der Waals surface area contributed by atoms with Crippen LogP contribution in [0.3, 0.4) is 0 Å². The second-order valence-corrected chi connectivity index (χ2v) is 7.79. The van der Waals surface area contributed by atoms with E-state index in [1.165, 1.54) is 32.1 Å². The summed E-state index contributed by atoms with van der Waals surface area (Å²) in [7, 11) is 0. The van der Waals surface area contributed by atoms with E-state index in [2.05, 4.69) is 6.92 Å². The van der Waals surface area contributed by atoms with Crippen LogP contribution in [0.25, 0.3) is 0 Å². The molecule has 1 aliphatic heterocycles. The third-order valence-electron chi connectivity index (χ3n) is 6.69. The van der Waals surface area contributed by atoms with Gasteiger partial charge in [0.1, 0.15) is 5.60 Å². The van der Waals surface area contributed by atoms with Crippen molar-refractivity contribution in [1.82, 2.24) is 4.90 Å². The molecule has 0 aromatic heterocycles. The molecule has 0 spiro atoms. The van der Waals surface area contributed by atoms with Gasteiger partial charge in [0.25, 0.3) is 0 Å². The third kappa shape index (κ3) is 1.88. The van der Waals surface area contributed by atoms with Crippen molar-refractivity contribution in [3.8, 4) is 0 Å². The van der Waals surface area contributed by atoms with Gasteiger partial charge in [-0.2, -0.15) is 0 Å². The molecule has 3 heteroatoms. The average Bonchev–Trinajstić information content (AvgIpc) is 3.10. The molecular formula is C17H27NO2. The van der Waals surface area contributed by atoms with Gasteiger partial charge in [-0.05, 0) is 69.6 Å². The summed E-state index contributed by atoms with van der Waals surface area (Å²) in [5.41, 5.74) is -0.162. The summed E-state index contributed by atoms with van der Waals surface area (Å²) in [6.45, 7) is 4.01. The minimum atomic E-state index is -0.162. The number of rotatable bonds is 1. The van der Waals surface area contributed by atoms with Crippen molar-refractivity contribution in [1.29, 1.82) is 0 Å². The van der Waals surface area contributed by atoms with E-state index >= 15 is 0 Å². The van der Waals surface area contributed by atoms with Crippen LogP contribution in [-0.4, -0.2) is 29.7 Å². The molecule has 4 aliphatic rings. The lowest BCUT2D eigenvalue weighted by atomic mass is 9.74. The van der Waals surface area contributed by atoms with Crippen LogP contribution >= 0.6 is 0 Å². The van der Waals surface area contributed by atoms with Crippen LogP contribution in [0.2, 0.25) is 0 Å². The number of hydrogen-bond acceptors (Lipinski definition) is 2. The Balaban J connectivity index is 1.44. The lowest BCUT2D eigenvalue weighted by Crippen LogP contribution is -2.47. The van der Waals surface area contributed by atoms with E-state index in [-0.39, 0.29) is 11.7 Å². The Bertz CT molecular complexity index is 404. The summed E-state index contributed by atoms with van der Waals surface area (Å²) < 4.78 is 6.07. The number of carbonyl (C=O) groups excluding carboxylic acids is 1. The smallest absolute Gasteiger partial charge is 0.410 e. The Morgan fingerprint density at radius 2 is 1.85 bits per heavy atom. The second kappa shape index (κ2) is 4.64. The van der Waals surface area contributed by atoms with Gasteiger partial charge in [-0.25, -0.2) is 4.79 Å². The van der Waals surface area contributed by atoms with Gasteiger partial charge >= 0.3 is 6.09 Å². The van der Waals surface area contributed by atoms with E-state index in [0.717, 1.165) is 50.1 Å². The van der Waals surface area contributed by atoms with E-state index in [1.54, 1.807) is 0 Å². The Labute approximate surface area is 122 Å². The molecule has 4 rings (SSSR count). The highest BCUT2D eigenvalue weighted by atomic mass is 16.6. The van der Waals surface area contributed by atoms with E-state index < -0.39 is 0 Å². The fourth-order valence-electron chi connectivity index (χ4n) is 5.84. The number of likely N-dealkylation sites (tertiary alicyclic amines) is 1. The molecule has 2 bridgehead atoms. The molecule has 1 saturated heterocycles. The van der Waals surface area contributed by atoms with Gasteiger partial charge in [-0.3, -0.25) is 0 Å². The fraction of sp³-hybridized carbons (Fsp3) is 0.941. The van der Waals surface area contributed by atoms with Crippen molar-refractivity contribution in [2.24, 2.45) is 23.7 Å². The molecule has 0 aromatic carbocycles. The zero-order chi connectivity index (χ0) is 13.7. The van der Waals surface area contributed by atoms with E-state index in [0.29, 0.717) is 5.92 Å². The van der Waals surface area contributed by atoms with Crippen LogP contribution in [-0.2, 0) is 4.74 Å². The third-order valence-corrected chi connectivity index (χ3v) is 6.69. The maximum Gasteiger partial charge on any atom is 0.410 e. The molecule has 1 heterocycles.